The van der Waals surface area contributed by atoms with E-state index in [1.54, 1.807) is 26.0 Å². The second-order valence-electron chi connectivity index (χ2n) is 6.11. The molecule has 2 N–H and O–H groups in total. The van der Waals surface area contributed by atoms with Crippen molar-refractivity contribution >= 4 is 5.91 Å². The molecule has 110 valence electrons. The molecule has 0 aliphatic heterocycles. The van der Waals surface area contributed by atoms with Gasteiger partial charge in [0.25, 0.3) is 0 Å². The maximum Gasteiger partial charge on any atom is 0.230 e. The average molecular weight is 279 g/mol. The van der Waals surface area contributed by atoms with Gasteiger partial charge in [-0.2, -0.15) is 0 Å². The molecule has 1 amide bonds. The number of hydrogen-bond acceptors (Lipinski definition) is 2. The maximum absolute atomic E-state index is 13.3. The largest absolute Gasteiger partial charge is 0.393 e. The Hall–Kier alpha value is -1.42. The molecule has 1 aromatic rings. The zero-order valence-electron chi connectivity index (χ0n) is 12.0. The standard InChI is InChI=1S/C16H22FNO2/c1-16(2,11-4-3-5-12(17)10-11)15(20)18-13-6-8-14(19)9-7-13/h3-5,10,13-14,19H,6-9H2,1-2H3,(H,18,20). The summed E-state index contributed by atoms with van der Waals surface area (Å²) < 4.78 is 13.3. The molecule has 2 rings (SSSR count). The number of carbonyl (C=O) groups excluding carboxylic acids is 1. The van der Waals surface area contributed by atoms with E-state index in [0.717, 1.165) is 25.7 Å². The topological polar surface area (TPSA) is 49.3 Å². The predicted molar refractivity (Wildman–Crippen MR) is 75.8 cm³/mol. The van der Waals surface area contributed by atoms with Crippen LogP contribution in [0, 0.1) is 5.82 Å². The van der Waals surface area contributed by atoms with Crippen LogP contribution in [-0.2, 0) is 10.2 Å². The molecule has 1 saturated carbocycles. The Morgan fingerprint density at radius 1 is 1.30 bits per heavy atom. The fourth-order valence-corrected chi connectivity index (χ4v) is 2.59. The fraction of sp³-hybridized carbons (Fsp3) is 0.562. The molecule has 0 bridgehead atoms. The normalized spacial score (nSPS) is 23.4. The summed E-state index contributed by atoms with van der Waals surface area (Å²) in [7, 11) is 0. The van der Waals surface area contributed by atoms with Gasteiger partial charge < -0.3 is 10.4 Å². The predicted octanol–water partition coefficient (Wildman–Crippen LogP) is 2.52. The smallest absolute Gasteiger partial charge is 0.230 e. The number of carbonyl (C=O) groups is 1. The van der Waals surface area contributed by atoms with Gasteiger partial charge in [-0.3, -0.25) is 4.79 Å². The van der Waals surface area contributed by atoms with Crippen LogP contribution in [-0.4, -0.2) is 23.2 Å². The van der Waals surface area contributed by atoms with Crippen LogP contribution in [0.4, 0.5) is 4.39 Å². The summed E-state index contributed by atoms with van der Waals surface area (Å²) in [5.41, 5.74) is -0.0936. The van der Waals surface area contributed by atoms with E-state index in [4.69, 9.17) is 0 Å². The first-order valence-corrected chi connectivity index (χ1v) is 7.14. The van der Waals surface area contributed by atoms with Gasteiger partial charge in [0.1, 0.15) is 5.82 Å². The first-order valence-electron chi connectivity index (χ1n) is 7.14. The summed E-state index contributed by atoms with van der Waals surface area (Å²) in [6.45, 7) is 3.60. The van der Waals surface area contributed by atoms with E-state index in [0.29, 0.717) is 5.56 Å². The first-order chi connectivity index (χ1) is 9.39. The second-order valence-corrected chi connectivity index (χ2v) is 6.11. The molecule has 0 saturated heterocycles. The van der Waals surface area contributed by atoms with Gasteiger partial charge in [-0.05, 0) is 57.2 Å². The third-order valence-corrected chi connectivity index (χ3v) is 4.15. The van der Waals surface area contributed by atoms with Crippen molar-refractivity contribution in [1.82, 2.24) is 5.32 Å². The molecule has 1 aliphatic rings. The number of nitrogens with one attached hydrogen (secondary N) is 1. The van der Waals surface area contributed by atoms with Crippen LogP contribution >= 0.6 is 0 Å². The third-order valence-electron chi connectivity index (χ3n) is 4.15. The van der Waals surface area contributed by atoms with Crippen molar-refractivity contribution in [2.45, 2.75) is 57.1 Å². The summed E-state index contributed by atoms with van der Waals surface area (Å²) in [5, 5.41) is 12.5. The van der Waals surface area contributed by atoms with Crippen molar-refractivity contribution in [1.29, 1.82) is 0 Å². The Kier molecular flexibility index (Phi) is 4.43. The van der Waals surface area contributed by atoms with Crippen molar-refractivity contribution in [3.63, 3.8) is 0 Å². The lowest BCUT2D eigenvalue weighted by Crippen LogP contribution is -2.46. The summed E-state index contributed by atoms with van der Waals surface area (Å²) in [6, 6.07) is 6.28. The van der Waals surface area contributed by atoms with Gasteiger partial charge in [0.05, 0.1) is 11.5 Å². The molecule has 3 nitrogen and oxygen atoms in total. The highest BCUT2D eigenvalue weighted by molar-refractivity contribution is 5.87. The maximum atomic E-state index is 13.3. The zero-order valence-corrected chi connectivity index (χ0v) is 12.0. The molecule has 4 heteroatoms. The molecule has 0 atom stereocenters. The van der Waals surface area contributed by atoms with Gasteiger partial charge in [0.15, 0.2) is 0 Å². The number of aliphatic hydroxyl groups excluding tert-OH is 1. The molecule has 0 aromatic heterocycles. The minimum atomic E-state index is -0.766. The Labute approximate surface area is 119 Å². The summed E-state index contributed by atoms with van der Waals surface area (Å²) >= 11 is 0. The van der Waals surface area contributed by atoms with Gasteiger partial charge in [0.2, 0.25) is 5.91 Å². The molecule has 20 heavy (non-hydrogen) atoms. The molecule has 1 fully saturated rings. The van der Waals surface area contributed by atoms with Crippen LogP contribution < -0.4 is 5.32 Å². The second kappa shape index (κ2) is 5.92. The van der Waals surface area contributed by atoms with Crippen molar-refractivity contribution in [2.24, 2.45) is 0 Å². The monoisotopic (exact) mass is 279 g/mol. The Bertz CT molecular complexity index is 479. The van der Waals surface area contributed by atoms with Gasteiger partial charge in [-0.25, -0.2) is 4.39 Å². The fourth-order valence-electron chi connectivity index (χ4n) is 2.59. The Balaban J connectivity index is 2.03. The molecule has 0 unspecified atom stereocenters. The van der Waals surface area contributed by atoms with Crippen molar-refractivity contribution in [3.8, 4) is 0 Å². The highest BCUT2D eigenvalue weighted by atomic mass is 19.1. The van der Waals surface area contributed by atoms with Gasteiger partial charge in [0, 0.05) is 6.04 Å². The quantitative estimate of drug-likeness (QED) is 0.893. The van der Waals surface area contributed by atoms with Crippen molar-refractivity contribution < 1.29 is 14.3 Å². The summed E-state index contributed by atoms with van der Waals surface area (Å²) in [6.07, 6.45) is 2.81. The lowest BCUT2D eigenvalue weighted by molar-refractivity contribution is -0.126. The molecule has 0 spiro atoms. The van der Waals surface area contributed by atoms with E-state index >= 15 is 0 Å². The number of hydrogen-bond donors (Lipinski definition) is 2. The molecule has 0 heterocycles. The SMILES string of the molecule is CC(C)(C(=O)NC1CCC(O)CC1)c1cccc(F)c1. The van der Waals surface area contributed by atoms with Gasteiger partial charge in [-0.1, -0.05) is 12.1 Å². The minimum absolute atomic E-state index is 0.0931. The highest BCUT2D eigenvalue weighted by Crippen LogP contribution is 2.26. The first kappa shape index (κ1) is 15.0. The van der Waals surface area contributed by atoms with Crippen molar-refractivity contribution in [2.75, 3.05) is 0 Å². The van der Waals surface area contributed by atoms with Crippen LogP contribution in [0.25, 0.3) is 0 Å². The van der Waals surface area contributed by atoms with Gasteiger partial charge >= 0.3 is 0 Å². The average Bonchev–Trinajstić information content (AvgIpc) is 2.41. The number of halogens is 1. The Morgan fingerprint density at radius 2 is 1.95 bits per heavy atom. The molecule has 0 radical (unpaired) electrons. The number of benzene rings is 1. The highest BCUT2D eigenvalue weighted by Gasteiger charge is 2.32. The Morgan fingerprint density at radius 3 is 2.55 bits per heavy atom. The molecular formula is C16H22FNO2. The van der Waals surface area contributed by atoms with Crippen LogP contribution in [0.1, 0.15) is 45.1 Å². The van der Waals surface area contributed by atoms with E-state index in [1.807, 2.05) is 0 Å². The van der Waals surface area contributed by atoms with Crippen LogP contribution in [0.2, 0.25) is 0 Å². The molecule has 1 aliphatic carbocycles. The van der Waals surface area contributed by atoms with Crippen LogP contribution in [0.3, 0.4) is 0 Å². The molecule has 1 aromatic carbocycles. The van der Waals surface area contributed by atoms with Crippen LogP contribution in [0.5, 0.6) is 0 Å². The number of amides is 1. The third kappa shape index (κ3) is 3.37. The number of aliphatic hydroxyl groups is 1. The van der Waals surface area contributed by atoms with E-state index < -0.39 is 5.41 Å². The molecular weight excluding hydrogens is 257 g/mol. The summed E-state index contributed by atoms with van der Waals surface area (Å²) in [5.74, 6) is -0.423. The summed E-state index contributed by atoms with van der Waals surface area (Å²) in [4.78, 5) is 12.4. The lowest BCUT2D eigenvalue weighted by atomic mass is 9.82. The van der Waals surface area contributed by atoms with Crippen molar-refractivity contribution in [3.05, 3.63) is 35.6 Å². The van der Waals surface area contributed by atoms with E-state index in [2.05, 4.69) is 5.32 Å². The number of rotatable bonds is 3. The zero-order chi connectivity index (χ0) is 14.8. The minimum Gasteiger partial charge on any atom is -0.393 e. The van der Waals surface area contributed by atoms with E-state index in [9.17, 15) is 14.3 Å². The van der Waals surface area contributed by atoms with Gasteiger partial charge in [-0.15, -0.1) is 0 Å². The van der Waals surface area contributed by atoms with E-state index in [1.165, 1.54) is 12.1 Å². The lowest BCUT2D eigenvalue weighted by Gasteiger charge is -2.31. The van der Waals surface area contributed by atoms with E-state index in [-0.39, 0.29) is 23.9 Å². The van der Waals surface area contributed by atoms with Crippen LogP contribution in [0.15, 0.2) is 24.3 Å².